The van der Waals surface area contributed by atoms with E-state index in [0.717, 1.165) is 64.3 Å². The third-order valence-electron chi connectivity index (χ3n) is 5.53. The van der Waals surface area contributed by atoms with Gasteiger partial charge in [-0.2, -0.15) is 4.98 Å². The first-order chi connectivity index (χ1) is 14.1. The van der Waals surface area contributed by atoms with Crippen LogP contribution >= 0.6 is 11.6 Å². The van der Waals surface area contributed by atoms with E-state index in [-0.39, 0.29) is 5.91 Å². The first-order valence-corrected chi connectivity index (χ1v) is 10.7. The van der Waals surface area contributed by atoms with Crippen LogP contribution in [0.1, 0.15) is 47.8 Å². The van der Waals surface area contributed by atoms with E-state index in [2.05, 4.69) is 24.9 Å². The highest BCUT2D eigenvalue weighted by molar-refractivity contribution is 6.33. The minimum Gasteiger partial charge on any atom is -0.354 e. The molecule has 29 heavy (non-hydrogen) atoms. The maximum Gasteiger partial charge on any atom is 0.255 e. The Morgan fingerprint density at radius 1 is 1.10 bits per heavy atom. The number of anilines is 1. The molecule has 156 valence electrons. The summed E-state index contributed by atoms with van der Waals surface area (Å²) in [6, 6.07) is 1.77. The zero-order valence-corrected chi connectivity index (χ0v) is 17.6. The summed E-state index contributed by atoms with van der Waals surface area (Å²) >= 11 is 6.55. The average molecular weight is 419 g/mol. The van der Waals surface area contributed by atoms with E-state index in [1.54, 1.807) is 19.2 Å². The SMILES string of the molecule is Cc1nc(CN2CCCN(c3ncc(C(=O)N4CCCCC4)cc3Cl)CC2)no1. The lowest BCUT2D eigenvalue weighted by molar-refractivity contribution is 0.0724. The van der Waals surface area contributed by atoms with Crippen molar-refractivity contribution in [2.24, 2.45) is 0 Å². The maximum absolute atomic E-state index is 12.7. The lowest BCUT2D eigenvalue weighted by atomic mass is 10.1. The van der Waals surface area contributed by atoms with Gasteiger partial charge in [-0.1, -0.05) is 16.8 Å². The van der Waals surface area contributed by atoms with Gasteiger partial charge < -0.3 is 14.3 Å². The molecule has 8 nitrogen and oxygen atoms in total. The van der Waals surface area contributed by atoms with Gasteiger partial charge in [0.05, 0.1) is 17.1 Å². The number of carbonyl (C=O) groups excluding carboxylic acids is 1. The first kappa shape index (κ1) is 20.1. The third kappa shape index (κ3) is 4.87. The number of likely N-dealkylation sites (tertiary alicyclic amines) is 1. The lowest BCUT2D eigenvalue weighted by Gasteiger charge is -2.27. The molecule has 2 aromatic rings. The largest absolute Gasteiger partial charge is 0.354 e. The van der Waals surface area contributed by atoms with Crippen LogP contribution in [-0.2, 0) is 6.54 Å². The number of amides is 1. The van der Waals surface area contributed by atoms with E-state index in [4.69, 9.17) is 16.1 Å². The zero-order valence-electron chi connectivity index (χ0n) is 16.8. The fourth-order valence-corrected chi connectivity index (χ4v) is 4.29. The van der Waals surface area contributed by atoms with Crippen molar-refractivity contribution in [1.82, 2.24) is 24.9 Å². The predicted octanol–water partition coefficient (Wildman–Crippen LogP) is 2.76. The fourth-order valence-electron chi connectivity index (χ4n) is 4.01. The molecule has 9 heteroatoms. The molecule has 0 aromatic carbocycles. The second kappa shape index (κ2) is 9.09. The molecule has 2 aromatic heterocycles. The molecule has 2 aliphatic rings. The second-order valence-electron chi connectivity index (χ2n) is 7.73. The highest BCUT2D eigenvalue weighted by Gasteiger charge is 2.22. The Labute approximate surface area is 175 Å². The topological polar surface area (TPSA) is 78.6 Å². The van der Waals surface area contributed by atoms with Crippen molar-refractivity contribution in [2.45, 2.75) is 39.2 Å². The van der Waals surface area contributed by atoms with Gasteiger partial charge in [0.25, 0.3) is 5.91 Å². The van der Waals surface area contributed by atoms with Crippen LogP contribution in [0.4, 0.5) is 5.82 Å². The van der Waals surface area contributed by atoms with Gasteiger partial charge in [-0.3, -0.25) is 9.69 Å². The number of pyridine rings is 1. The molecule has 1 amide bonds. The van der Waals surface area contributed by atoms with Crippen LogP contribution in [-0.4, -0.2) is 70.1 Å². The lowest BCUT2D eigenvalue weighted by Crippen LogP contribution is -2.35. The Hall–Kier alpha value is -2.19. The molecule has 4 heterocycles. The molecule has 0 aliphatic carbocycles. The molecule has 0 unspecified atom stereocenters. The summed E-state index contributed by atoms with van der Waals surface area (Å²) in [5.74, 6) is 2.08. The Bertz CT molecular complexity index is 851. The van der Waals surface area contributed by atoms with Crippen molar-refractivity contribution in [2.75, 3.05) is 44.2 Å². The summed E-state index contributed by atoms with van der Waals surface area (Å²) in [6.07, 6.45) is 5.99. The molecule has 4 rings (SSSR count). The van der Waals surface area contributed by atoms with Crippen LogP contribution in [0.15, 0.2) is 16.8 Å². The molecule has 2 fully saturated rings. The van der Waals surface area contributed by atoms with Gasteiger partial charge in [-0.15, -0.1) is 0 Å². The standard InChI is InChI=1S/C20H27ClN6O2/c1-15-23-18(24-29-15)14-25-6-5-9-26(11-10-25)19-17(21)12-16(13-22-19)20(28)27-7-3-2-4-8-27/h12-13H,2-11,14H2,1H3. The number of rotatable bonds is 4. The van der Waals surface area contributed by atoms with Crippen molar-refractivity contribution in [3.05, 3.63) is 34.6 Å². The molecule has 0 radical (unpaired) electrons. The Morgan fingerprint density at radius 3 is 2.66 bits per heavy atom. The second-order valence-corrected chi connectivity index (χ2v) is 8.14. The highest BCUT2D eigenvalue weighted by atomic mass is 35.5. The van der Waals surface area contributed by atoms with Crippen molar-refractivity contribution in [3.8, 4) is 0 Å². The van der Waals surface area contributed by atoms with Gasteiger partial charge in [0, 0.05) is 52.4 Å². The minimum atomic E-state index is 0.0306. The van der Waals surface area contributed by atoms with Crippen LogP contribution in [0, 0.1) is 6.92 Å². The van der Waals surface area contributed by atoms with Crippen molar-refractivity contribution < 1.29 is 9.32 Å². The van der Waals surface area contributed by atoms with Crippen molar-refractivity contribution in [1.29, 1.82) is 0 Å². The number of hydrogen-bond acceptors (Lipinski definition) is 7. The normalized spacial score (nSPS) is 18.7. The average Bonchev–Trinajstić information content (AvgIpc) is 3.00. The maximum atomic E-state index is 12.7. The van der Waals surface area contributed by atoms with E-state index in [1.807, 2.05) is 4.90 Å². The minimum absolute atomic E-state index is 0.0306. The number of halogens is 1. The van der Waals surface area contributed by atoms with Gasteiger partial charge in [0.1, 0.15) is 5.82 Å². The van der Waals surface area contributed by atoms with Gasteiger partial charge in [0.15, 0.2) is 5.82 Å². The molecule has 0 spiro atoms. The first-order valence-electron chi connectivity index (χ1n) is 10.3. The van der Waals surface area contributed by atoms with Crippen LogP contribution in [0.3, 0.4) is 0 Å². The Balaban J connectivity index is 1.39. The molecule has 0 bridgehead atoms. The Morgan fingerprint density at radius 2 is 1.93 bits per heavy atom. The summed E-state index contributed by atoms with van der Waals surface area (Å²) in [5.41, 5.74) is 0.574. The van der Waals surface area contributed by atoms with Crippen LogP contribution < -0.4 is 4.90 Å². The van der Waals surface area contributed by atoms with Crippen molar-refractivity contribution in [3.63, 3.8) is 0 Å². The monoisotopic (exact) mass is 418 g/mol. The predicted molar refractivity (Wildman–Crippen MR) is 110 cm³/mol. The zero-order chi connectivity index (χ0) is 20.2. The number of piperidine rings is 1. The van der Waals surface area contributed by atoms with Gasteiger partial charge in [-0.25, -0.2) is 4.98 Å². The quantitative estimate of drug-likeness (QED) is 0.755. The van der Waals surface area contributed by atoms with E-state index in [0.29, 0.717) is 28.8 Å². The van der Waals surface area contributed by atoms with E-state index in [9.17, 15) is 4.79 Å². The summed E-state index contributed by atoms with van der Waals surface area (Å²) < 4.78 is 5.06. The number of aryl methyl sites for hydroxylation is 1. The van der Waals surface area contributed by atoms with Gasteiger partial charge in [0.2, 0.25) is 5.89 Å². The molecule has 0 saturated carbocycles. The van der Waals surface area contributed by atoms with E-state index in [1.165, 1.54) is 6.42 Å². The molecule has 0 atom stereocenters. The van der Waals surface area contributed by atoms with E-state index < -0.39 is 0 Å². The molecule has 0 N–H and O–H groups in total. The summed E-state index contributed by atoms with van der Waals surface area (Å²) in [5, 5.41) is 4.52. The van der Waals surface area contributed by atoms with Crippen molar-refractivity contribution >= 4 is 23.3 Å². The smallest absolute Gasteiger partial charge is 0.255 e. The van der Waals surface area contributed by atoms with Crippen LogP contribution in [0.25, 0.3) is 0 Å². The molecule has 2 saturated heterocycles. The van der Waals surface area contributed by atoms with E-state index >= 15 is 0 Å². The van der Waals surface area contributed by atoms with Crippen LogP contribution in [0.2, 0.25) is 5.02 Å². The summed E-state index contributed by atoms with van der Waals surface area (Å²) in [6.45, 7) is 7.61. The number of hydrogen-bond donors (Lipinski definition) is 0. The fraction of sp³-hybridized carbons (Fsp3) is 0.600. The highest BCUT2D eigenvalue weighted by Crippen LogP contribution is 2.26. The summed E-state index contributed by atoms with van der Waals surface area (Å²) in [4.78, 5) is 28.0. The molecular formula is C20H27ClN6O2. The summed E-state index contributed by atoms with van der Waals surface area (Å²) in [7, 11) is 0. The van der Waals surface area contributed by atoms with Crippen LogP contribution in [0.5, 0.6) is 0 Å². The number of carbonyl (C=O) groups is 1. The number of aromatic nitrogens is 3. The Kier molecular flexibility index (Phi) is 6.30. The molecular weight excluding hydrogens is 392 g/mol. The van der Waals surface area contributed by atoms with Gasteiger partial charge in [-0.05, 0) is 31.7 Å². The molecule has 2 aliphatic heterocycles. The number of nitrogens with zero attached hydrogens (tertiary/aromatic N) is 6. The third-order valence-corrected chi connectivity index (χ3v) is 5.81. The van der Waals surface area contributed by atoms with Gasteiger partial charge >= 0.3 is 0 Å².